The molecule has 0 radical (unpaired) electrons. The predicted molar refractivity (Wildman–Crippen MR) is 134 cm³/mol. The second kappa shape index (κ2) is 10.9. The zero-order valence-electron chi connectivity index (χ0n) is 20.6. The number of rotatable bonds is 9. The second-order valence-corrected chi connectivity index (χ2v) is 9.29. The van der Waals surface area contributed by atoms with Crippen LogP contribution in [0.25, 0.3) is 11.0 Å². The molecule has 3 aromatic rings. The number of carbonyl (C=O) groups excluding carboxylic acids is 1. The molecule has 1 saturated heterocycles. The van der Waals surface area contributed by atoms with Gasteiger partial charge in [0.25, 0.3) is 5.91 Å². The molecule has 4 rings (SSSR count). The molecule has 0 saturated carbocycles. The lowest BCUT2D eigenvalue weighted by Gasteiger charge is -2.29. The maximum absolute atomic E-state index is 13.1. The fourth-order valence-corrected chi connectivity index (χ4v) is 4.24. The van der Waals surface area contributed by atoms with E-state index in [1.165, 1.54) is 0 Å². The summed E-state index contributed by atoms with van der Waals surface area (Å²) in [4.78, 5) is 17.5. The van der Waals surface area contributed by atoms with Crippen molar-refractivity contribution in [2.24, 2.45) is 0 Å². The summed E-state index contributed by atoms with van der Waals surface area (Å²) < 4.78 is 17.9. The van der Waals surface area contributed by atoms with Crippen molar-refractivity contribution in [3.63, 3.8) is 0 Å². The van der Waals surface area contributed by atoms with Gasteiger partial charge in [-0.15, -0.1) is 0 Å². The number of amides is 1. The summed E-state index contributed by atoms with van der Waals surface area (Å²) in [5.41, 5.74) is 2.25. The number of aryl methyl sites for hydroxylation is 1. The number of carbonyl (C=O) groups is 1. The molecule has 1 N–H and O–H groups in total. The normalized spacial score (nSPS) is 15.1. The van der Waals surface area contributed by atoms with Gasteiger partial charge in [-0.05, 0) is 78.3 Å². The maximum atomic E-state index is 13.1. The quantitative estimate of drug-likeness (QED) is 0.514. The molecule has 2 aromatic carbocycles. The Balaban J connectivity index is 1.46. The van der Waals surface area contributed by atoms with Crippen molar-refractivity contribution >= 4 is 16.9 Å². The molecule has 0 unspecified atom stereocenters. The van der Waals surface area contributed by atoms with Gasteiger partial charge >= 0.3 is 0 Å². The molecule has 34 heavy (non-hydrogen) atoms. The molecule has 0 bridgehead atoms. The van der Waals surface area contributed by atoms with Gasteiger partial charge in [-0.2, -0.15) is 0 Å². The Hall–Kier alpha value is -3.03. The molecule has 182 valence electrons. The van der Waals surface area contributed by atoms with Crippen molar-refractivity contribution in [2.45, 2.75) is 32.4 Å². The fraction of sp³-hybridized carbons (Fsp3) is 0.444. The monoisotopic (exact) mass is 465 g/mol. The van der Waals surface area contributed by atoms with Crippen LogP contribution in [-0.2, 0) is 6.61 Å². The molecule has 0 aliphatic carbocycles. The topological polar surface area (TPSA) is 67.2 Å². The van der Waals surface area contributed by atoms with Gasteiger partial charge in [-0.3, -0.25) is 4.79 Å². The van der Waals surface area contributed by atoms with Crippen molar-refractivity contribution in [3.05, 3.63) is 59.4 Å². The third-order valence-corrected chi connectivity index (χ3v) is 6.28. The summed E-state index contributed by atoms with van der Waals surface area (Å²) in [7, 11) is 6.16. The highest BCUT2D eigenvalue weighted by Gasteiger charge is 2.23. The Kier molecular flexibility index (Phi) is 7.75. The Labute approximate surface area is 201 Å². The Bertz CT molecular complexity index is 1120. The molecule has 0 atom stereocenters. The van der Waals surface area contributed by atoms with E-state index in [1.54, 1.807) is 0 Å². The van der Waals surface area contributed by atoms with E-state index in [0.717, 1.165) is 49.2 Å². The van der Waals surface area contributed by atoms with Gasteiger partial charge in [0.2, 0.25) is 0 Å². The van der Waals surface area contributed by atoms with Gasteiger partial charge in [0.15, 0.2) is 0 Å². The number of para-hydroxylation sites is 1. The number of nitrogens with zero attached hydrogens (tertiary/aromatic N) is 2. The SMILES string of the molecule is Cc1oc2ccc(OCc3ccccc3OCCN(C)C)cc2c1C(=O)NC1CCN(C)CC1. The third-order valence-electron chi connectivity index (χ3n) is 6.28. The zero-order valence-corrected chi connectivity index (χ0v) is 20.6. The highest BCUT2D eigenvalue weighted by atomic mass is 16.5. The van der Waals surface area contributed by atoms with E-state index < -0.39 is 0 Å². The summed E-state index contributed by atoms with van der Waals surface area (Å²) in [6.07, 6.45) is 1.92. The zero-order chi connectivity index (χ0) is 24.1. The van der Waals surface area contributed by atoms with E-state index in [2.05, 4.69) is 22.2 Å². The van der Waals surface area contributed by atoms with Gasteiger partial charge in [-0.25, -0.2) is 0 Å². The van der Waals surface area contributed by atoms with Crippen LogP contribution in [0.5, 0.6) is 11.5 Å². The van der Waals surface area contributed by atoms with Gasteiger partial charge in [-0.1, -0.05) is 18.2 Å². The van der Waals surface area contributed by atoms with E-state index >= 15 is 0 Å². The van der Waals surface area contributed by atoms with E-state index in [4.69, 9.17) is 13.9 Å². The van der Waals surface area contributed by atoms with Crippen LogP contribution in [0.3, 0.4) is 0 Å². The Morgan fingerprint density at radius 3 is 2.68 bits per heavy atom. The number of benzene rings is 2. The van der Waals surface area contributed by atoms with Crippen LogP contribution in [0.15, 0.2) is 46.9 Å². The van der Waals surface area contributed by atoms with Gasteiger partial charge < -0.3 is 29.0 Å². The highest BCUT2D eigenvalue weighted by molar-refractivity contribution is 6.07. The number of furan rings is 1. The Morgan fingerprint density at radius 1 is 1.15 bits per heavy atom. The van der Waals surface area contributed by atoms with E-state index in [-0.39, 0.29) is 11.9 Å². The van der Waals surface area contributed by atoms with Crippen LogP contribution < -0.4 is 14.8 Å². The van der Waals surface area contributed by atoms with E-state index in [1.807, 2.05) is 63.5 Å². The lowest BCUT2D eigenvalue weighted by molar-refractivity contribution is 0.0917. The van der Waals surface area contributed by atoms with Crippen LogP contribution in [0.1, 0.15) is 34.5 Å². The minimum Gasteiger partial charge on any atom is -0.492 e. The lowest BCUT2D eigenvalue weighted by atomic mass is 10.0. The third kappa shape index (κ3) is 5.90. The Morgan fingerprint density at radius 2 is 1.91 bits per heavy atom. The van der Waals surface area contributed by atoms with Crippen LogP contribution >= 0.6 is 0 Å². The molecule has 1 fully saturated rings. The first-order valence-electron chi connectivity index (χ1n) is 11.9. The summed E-state index contributed by atoms with van der Waals surface area (Å²) in [6.45, 7) is 5.65. The number of hydrogen-bond acceptors (Lipinski definition) is 6. The van der Waals surface area contributed by atoms with Crippen LogP contribution in [0.2, 0.25) is 0 Å². The molecule has 7 nitrogen and oxygen atoms in total. The number of fused-ring (bicyclic) bond motifs is 1. The summed E-state index contributed by atoms with van der Waals surface area (Å²) in [5.74, 6) is 2.05. The number of hydrogen-bond donors (Lipinski definition) is 1. The van der Waals surface area contributed by atoms with Crippen LogP contribution in [-0.4, -0.2) is 69.1 Å². The minimum absolute atomic E-state index is 0.0809. The molecule has 2 heterocycles. The van der Waals surface area contributed by atoms with Crippen molar-refractivity contribution in [2.75, 3.05) is 47.4 Å². The first kappa shape index (κ1) is 24.1. The minimum atomic E-state index is -0.0809. The highest BCUT2D eigenvalue weighted by Crippen LogP contribution is 2.30. The summed E-state index contributed by atoms with van der Waals surface area (Å²) in [5, 5.41) is 3.97. The molecule has 1 aliphatic heterocycles. The van der Waals surface area contributed by atoms with Gasteiger partial charge in [0.1, 0.15) is 36.1 Å². The second-order valence-electron chi connectivity index (χ2n) is 9.29. The average Bonchev–Trinajstić information content (AvgIpc) is 3.14. The van der Waals surface area contributed by atoms with Crippen LogP contribution in [0, 0.1) is 6.92 Å². The predicted octanol–water partition coefficient (Wildman–Crippen LogP) is 4.08. The van der Waals surface area contributed by atoms with E-state index in [9.17, 15) is 4.79 Å². The van der Waals surface area contributed by atoms with Crippen molar-refractivity contribution < 1.29 is 18.7 Å². The standard InChI is InChI=1S/C27H35N3O4/c1-19-26(27(31)28-21-11-13-30(4)14-12-21)23-17-22(9-10-25(23)34-19)33-18-20-7-5-6-8-24(20)32-16-15-29(2)3/h5-10,17,21H,11-16,18H2,1-4H3,(H,28,31). The molecule has 1 amide bonds. The first-order chi connectivity index (χ1) is 16.4. The maximum Gasteiger partial charge on any atom is 0.255 e. The summed E-state index contributed by atoms with van der Waals surface area (Å²) >= 11 is 0. The van der Waals surface area contributed by atoms with Gasteiger partial charge in [0.05, 0.1) is 5.56 Å². The van der Waals surface area contributed by atoms with E-state index in [0.29, 0.717) is 35.9 Å². The molecule has 0 spiro atoms. The van der Waals surface area contributed by atoms with Crippen molar-refractivity contribution in [1.82, 2.24) is 15.1 Å². The molecular weight excluding hydrogens is 430 g/mol. The van der Waals surface area contributed by atoms with Crippen molar-refractivity contribution in [3.8, 4) is 11.5 Å². The largest absolute Gasteiger partial charge is 0.492 e. The molecule has 1 aliphatic rings. The average molecular weight is 466 g/mol. The molecular formula is C27H35N3O4. The number of ether oxygens (including phenoxy) is 2. The number of likely N-dealkylation sites (N-methyl/N-ethyl adjacent to an activating group) is 1. The fourth-order valence-electron chi connectivity index (χ4n) is 4.24. The lowest BCUT2D eigenvalue weighted by Crippen LogP contribution is -2.43. The molecule has 1 aromatic heterocycles. The van der Waals surface area contributed by atoms with Crippen molar-refractivity contribution in [1.29, 1.82) is 0 Å². The molecule has 7 heteroatoms. The number of piperidine rings is 1. The first-order valence-corrected chi connectivity index (χ1v) is 11.9. The van der Waals surface area contributed by atoms with Crippen LogP contribution in [0.4, 0.5) is 0 Å². The summed E-state index contributed by atoms with van der Waals surface area (Å²) in [6, 6.07) is 13.7. The number of nitrogens with one attached hydrogen (secondary N) is 1. The smallest absolute Gasteiger partial charge is 0.255 e. The van der Waals surface area contributed by atoms with Gasteiger partial charge in [0, 0.05) is 23.5 Å². The number of likely N-dealkylation sites (tertiary alicyclic amines) is 1.